The van der Waals surface area contributed by atoms with Gasteiger partial charge in [0.2, 0.25) is 0 Å². The van der Waals surface area contributed by atoms with Gasteiger partial charge in [-0.05, 0) is 0 Å². The average Bonchev–Trinajstić information content (AvgIpc) is 2.69. The normalized spacial score (nSPS) is 22.1. The van der Waals surface area contributed by atoms with Crippen molar-refractivity contribution in [2.45, 2.75) is 98.2 Å². The number of likely N-dealkylation sites (N-methyl/N-ethyl adjacent to an activating group) is 1. The Hall–Kier alpha value is -0.0713. The van der Waals surface area contributed by atoms with Crippen molar-refractivity contribution >= 4 is 24.3 Å². The van der Waals surface area contributed by atoms with E-state index in [0.717, 1.165) is 19.5 Å². The number of esters is 1. The van der Waals surface area contributed by atoms with Crippen LogP contribution in [0.1, 0.15) is 72.6 Å². The molecule has 0 aromatic carbocycles. The van der Waals surface area contributed by atoms with Gasteiger partial charge in [-0.3, -0.25) is 0 Å². The molecule has 0 saturated carbocycles. The molecule has 0 bridgehead atoms. The van der Waals surface area contributed by atoms with Crippen molar-refractivity contribution in [2.24, 2.45) is 5.92 Å². The second kappa shape index (κ2) is 14.9. The first-order valence-electron chi connectivity index (χ1n) is 12.0. The Balaban J connectivity index is 3.04. The first-order valence-corrected chi connectivity index (χ1v) is 19.7. The fraction of sp³-hybridized carbons (Fsp3) is 0.875. The van der Waals surface area contributed by atoms with Crippen molar-refractivity contribution in [3.8, 4) is 0 Å². The minimum atomic E-state index is -2.33. The van der Waals surface area contributed by atoms with Crippen LogP contribution in [0.5, 0.6) is 0 Å². The quantitative estimate of drug-likeness (QED) is 0.215. The summed E-state index contributed by atoms with van der Waals surface area (Å²) < 4.78 is 18.8. The molecule has 1 aliphatic heterocycles. The zero-order valence-corrected chi connectivity index (χ0v) is 22.9. The number of ether oxygens (including phenoxy) is 2. The van der Waals surface area contributed by atoms with Crippen LogP contribution in [0.4, 0.5) is 0 Å². The van der Waals surface area contributed by atoms with Crippen molar-refractivity contribution in [2.75, 3.05) is 27.2 Å². The number of unbranched alkanes of at least 4 members (excludes halogenated alkanes) is 3. The zero-order valence-electron chi connectivity index (χ0n) is 20.0. The number of carbonyl (C=O) groups excluding carboxylic acids is 1. The molecule has 29 heavy (non-hydrogen) atoms. The Labute approximate surface area is 184 Å². The number of methoxy groups -OCH3 is 1. The molecule has 0 aliphatic carbocycles. The summed E-state index contributed by atoms with van der Waals surface area (Å²) in [5, 5.41) is 0. The summed E-state index contributed by atoms with van der Waals surface area (Å²) in [4.78, 5) is 13.9. The predicted molar refractivity (Wildman–Crippen MR) is 126 cm³/mol. The molecule has 1 aliphatic rings. The Morgan fingerprint density at radius 1 is 1.10 bits per heavy atom. The third kappa shape index (κ3) is 9.73. The van der Waals surface area contributed by atoms with E-state index in [4.69, 9.17) is 9.47 Å². The van der Waals surface area contributed by atoms with Crippen molar-refractivity contribution in [3.63, 3.8) is 0 Å². The van der Waals surface area contributed by atoms with Gasteiger partial charge in [0, 0.05) is 0 Å². The fourth-order valence-electron chi connectivity index (χ4n) is 4.71. The van der Waals surface area contributed by atoms with Gasteiger partial charge in [-0.1, -0.05) is 0 Å². The van der Waals surface area contributed by atoms with Crippen LogP contribution in [-0.4, -0.2) is 68.7 Å². The summed E-state index contributed by atoms with van der Waals surface area (Å²) in [6.45, 7) is 10.3. The molecule has 1 fully saturated rings. The molecule has 4 nitrogen and oxygen atoms in total. The molecule has 0 aromatic heterocycles. The monoisotopic (exact) mass is 517 g/mol. The summed E-state index contributed by atoms with van der Waals surface area (Å²) in [6, 6.07) is 0. The standard InChI is InChI=1S/C12H20NO3.3C4H9.Sn/c1-5-11(15-4)10-6-7-13(3)8-12(10)16-9(2)14;3*1-3-4-2;/h1,5,10-12H,6-8H2,2-4H3;3*1,3-4H2,2H3;. The van der Waals surface area contributed by atoms with E-state index in [1.54, 1.807) is 0 Å². The Kier molecular flexibility index (Phi) is 13.8. The van der Waals surface area contributed by atoms with Gasteiger partial charge in [0.05, 0.1) is 0 Å². The molecule has 3 atom stereocenters. The summed E-state index contributed by atoms with van der Waals surface area (Å²) in [5.74, 6) is 0.0698. The number of carbonyl (C=O) groups is 1. The average molecular weight is 516 g/mol. The molecule has 1 rings (SSSR count). The first kappa shape index (κ1) is 27.0. The van der Waals surface area contributed by atoms with E-state index in [1.165, 1.54) is 58.8 Å². The number of likely N-dealkylation sites (tertiary alicyclic amines) is 1. The number of piperidine rings is 1. The van der Waals surface area contributed by atoms with E-state index in [9.17, 15) is 4.79 Å². The molecule has 5 heteroatoms. The molecule has 0 spiro atoms. The second-order valence-corrected chi connectivity index (χ2v) is 22.1. The van der Waals surface area contributed by atoms with Crippen LogP contribution >= 0.6 is 0 Å². The summed E-state index contributed by atoms with van der Waals surface area (Å²) in [6.07, 6.45) is 11.4. The molecule has 0 N–H and O–H groups in total. The maximum atomic E-state index is 11.7. The Morgan fingerprint density at radius 3 is 2.10 bits per heavy atom. The van der Waals surface area contributed by atoms with E-state index in [2.05, 4.69) is 42.9 Å². The van der Waals surface area contributed by atoms with Crippen molar-refractivity contribution in [3.05, 3.63) is 10.2 Å². The van der Waals surface area contributed by atoms with Crippen LogP contribution in [0.15, 0.2) is 10.2 Å². The van der Waals surface area contributed by atoms with Gasteiger partial charge in [0.25, 0.3) is 0 Å². The third-order valence-corrected chi connectivity index (χ3v) is 20.7. The molecular formula is C24H47NO3Sn. The van der Waals surface area contributed by atoms with Crippen LogP contribution in [0.3, 0.4) is 0 Å². The molecular weight excluding hydrogens is 469 g/mol. The SMILES string of the molecule is CCC[CH2][Sn](/[CH]=C/C(OC)C1CCN(C)CC1OC(C)=O)([CH2]CCC)[CH2]CCC. The fourth-order valence-corrected chi connectivity index (χ4v) is 19.0. The molecule has 1 saturated heterocycles. The van der Waals surface area contributed by atoms with Gasteiger partial charge in [0.15, 0.2) is 0 Å². The number of rotatable bonds is 14. The molecule has 3 unspecified atom stereocenters. The minimum absolute atomic E-state index is 0.0500. The van der Waals surface area contributed by atoms with E-state index >= 15 is 0 Å². The van der Waals surface area contributed by atoms with Gasteiger partial charge in [-0.2, -0.15) is 0 Å². The van der Waals surface area contributed by atoms with E-state index < -0.39 is 18.4 Å². The van der Waals surface area contributed by atoms with Crippen molar-refractivity contribution in [1.82, 2.24) is 4.90 Å². The summed E-state index contributed by atoms with van der Waals surface area (Å²) in [7, 11) is 3.92. The van der Waals surface area contributed by atoms with E-state index in [-0.39, 0.29) is 24.1 Å². The predicted octanol–water partition coefficient (Wildman–Crippen LogP) is 5.83. The molecule has 0 amide bonds. The maximum absolute atomic E-state index is 11.7. The van der Waals surface area contributed by atoms with Gasteiger partial charge in [-0.25, -0.2) is 0 Å². The Morgan fingerprint density at radius 2 is 1.66 bits per heavy atom. The van der Waals surface area contributed by atoms with Crippen LogP contribution in [0, 0.1) is 5.92 Å². The number of hydrogen-bond acceptors (Lipinski definition) is 4. The zero-order chi connectivity index (χ0) is 21.7. The number of nitrogens with zero attached hydrogens (tertiary/aromatic N) is 1. The van der Waals surface area contributed by atoms with E-state index in [1.807, 2.05) is 7.11 Å². The summed E-state index contributed by atoms with van der Waals surface area (Å²) >= 11 is -2.33. The summed E-state index contributed by atoms with van der Waals surface area (Å²) in [5.41, 5.74) is 0. The molecule has 0 radical (unpaired) electrons. The van der Waals surface area contributed by atoms with Gasteiger partial charge in [-0.15, -0.1) is 0 Å². The molecule has 0 aromatic rings. The van der Waals surface area contributed by atoms with E-state index in [0.29, 0.717) is 0 Å². The van der Waals surface area contributed by atoms with Gasteiger partial charge >= 0.3 is 185 Å². The van der Waals surface area contributed by atoms with Crippen LogP contribution in [0.25, 0.3) is 0 Å². The van der Waals surface area contributed by atoms with Crippen molar-refractivity contribution in [1.29, 1.82) is 0 Å². The van der Waals surface area contributed by atoms with Gasteiger partial charge in [0.1, 0.15) is 0 Å². The van der Waals surface area contributed by atoms with Crippen LogP contribution < -0.4 is 0 Å². The third-order valence-electron chi connectivity index (χ3n) is 6.55. The van der Waals surface area contributed by atoms with Gasteiger partial charge < -0.3 is 0 Å². The van der Waals surface area contributed by atoms with Crippen LogP contribution in [0.2, 0.25) is 13.3 Å². The molecule has 170 valence electrons. The second-order valence-electron chi connectivity index (χ2n) is 9.10. The van der Waals surface area contributed by atoms with Crippen LogP contribution in [-0.2, 0) is 14.3 Å². The topological polar surface area (TPSA) is 38.8 Å². The number of hydrogen-bond donors (Lipinski definition) is 0. The molecule has 1 heterocycles. The van der Waals surface area contributed by atoms with Crippen molar-refractivity contribution < 1.29 is 14.3 Å². The first-order chi connectivity index (χ1) is 13.9. The Bertz CT molecular complexity index is 461.